The zero-order valence-electron chi connectivity index (χ0n) is 18.5. The molecular weight excluding hydrogens is 430 g/mol. The van der Waals surface area contributed by atoms with Crippen molar-refractivity contribution in [2.75, 3.05) is 29.7 Å². The van der Waals surface area contributed by atoms with Gasteiger partial charge in [0.05, 0.1) is 36.9 Å². The summed E-state index contributed by atoms with van der Waals surface area (Å²) in [5, 5.41) is 10.4. The molecule has 33 heavy (non-hydrogen) atoms. The summed E-state index contributed by atoms with van der Waals surface area (Å²) >= 11 is 0. The van der Waals surface area contributed by atoms with Crippen LogP contribution in [0.5, 0.6) is 0 Å². The third-order valence-electron chi connectivity index (χ3n) is 5.51. The number of rotatable bonds is 7. The standard InChI is InChI=1S/C23H24F2N6O2/c1-13-21-19(30(3)22(14(2)33-4)23(32)29-21)8-20(28-13)26-9-15-10-27-31(11-15)12-16-7-17(24)5-6-18(16)25/h5-8,10-11,22H,2,9,12H2,1,3-4H3,(H,26,28)(H,29,32)/t22-/m0/s1. The molecule has 0 unspecified atom stereocenters. The molecule has 0 radical (unpaired) electrons. The van der Waals surface area contributed by atoms with Crippen LogP contribution in [0.3, 0.4) is 0 Å². The molecule has 0 bridgehead atoms. The van der Waals surface area contributed by atoms with Crippen molar-refractivity contribution in [2.45, 2.75) is 26.1 Å². The number of hydrogen-bond donors (Lipinski definition) is 2. The molecule has 2 aromatic heterocycles. The maximum atomic E-state index is 13.9. The number of carbonyl (C=O) groups excluding carboxylic acids is 1. The number of halogens is 2. The zero-order chi connectivity index (χ0) is 23.7. The Morgan fingerprint density at radius 3 is 2.88 bits per heavy atom. The van der Waals surface area contributed by atoms with Gasteiger partial charge in [-0.05, 0) is 25.1 Å². The number of aryl methyl sites for hydroxylation is 1. The topological polar surface area (TPSA) is 84.3 Å². The van der Waals surface area contributed by atoms with E-state index < -0.39 is 17.7 Å². The monoisotopic (exact) mass is 454 g/mol. The first-order valence-electron chi connectivity index (χ1n) is 10.2. The number of nitrogens with zero attached hydrogens (tertiary/aromatic N) is 4. The van der Waals surface area contributed by atoms with Crippen molar-refractivity contribution in [2.24, 2.45) is 0 Å². The van der Waals surface area contributed by atoms with Crippen LogP contribution in [0.1, 0.15) is 16.8 Å². The molecule has 2 N–H and O–H groups in total. The minimum atomic E-state index is -0.654. The number of anilines is 3. The van der Waals surface area contributed by atoms with Gasteiger partial charge >= 0.3 is 0 Å². The number of aromatic nitrogens is 3. The number of carbonyl (C=O) groups is 1. The lowest BCUT2D eigenvalue weighted by Gasteiger charge is -2.36. The SMILES string of the molecule is C=C(OC)[C@H]1C(=O)Nc2c(cc(NCc3cnn(Cc4cc(F)ccc4F)c3)nc2C)N1C. The van der Waals surface area contributed by atoms with Crippen molar-refractivity contribution in [3.63, 3.8) is 0 Å². The van der Waals surface area contributed by atoms with Gasteiger partial charge in [-0.15, -0.1) is 0 Å². The van der Waals surface area contributed by atoms with E-state index in [2.05, 4.69) is 27.3 Å². The molecule has 4 rings (SSSR count). The van der Waals surface area contributed by atoms with Crippen LogP contribution in [0.15, 0.2) is 49.0 Å². The third kappa shape index (κ3) is 4.50. The van der Waals surface area contributed by atoms with E-state index in [1.807, 2.05) is 13.0 Å². The normalized spacial score (nSPS) is 15.1. The van der Waals surface area contributed by atoms with E-state index in [0.717, 1.165) is 29.4 Å². The quantitative estimate of drug-likeness (QED) is 0.532. The van der Waals surface area contributed by atoms with E-state index in [1.165, 1.54) is 7.11 Å². The molecule has 10 heteroatoms. The molecular formula is C23H24F2N6O2. The fourth-order valence-electron chi connectivity index (χ4n) is 3.78. The number of likely N-dealkylation sites (N-methyl/N-ethyl adjacent to an activating group) is 1. The van der Waals surface area contributed by atoms with Crippen molar-refractivity contribution in [1.82, 2.24) is 14.8 Å². The molecule has 172 valence electrons. The van der Waals surface area contributed by atoms with Crippen LogP contribution >= 0.6 is 0 Å². The maximum Gasteiger partial charge on any atom is 0.255 e. The highest BCUT2D eigenvalue weighted by Gasteiger charge is 2.35. The summed E-state index contributed by atoms with van der Waals surface area (Å²) in [7, 11) is 3.28. The van der Waals surface area contributed by atoms with Crippen LogP contribution in [-0.2, 0) is 22.6 Å². The summed E-state index contributed by atoms with van der Waals surface area (Å²) in [5.41, 5.74) is 3.15. The Kier molecular flexibility index (Phi) is 5.99. The molecule has 1 aromatic carbocycles. The molecule has 0 saturated carbocycles. The van der Waals surface area contributed by atoms with E-state index in [4.69, 9.17) is 4.74 Å². The minimum absolute atomic E-state index is 0.120. The molecule has 1 aliphatic rings. The van der Waals surface area contributed by atoms with Crippen LogP contribution in [0.2, 0.25) is 0 Å². The van der Waals surface area contributed by atoms with E-state index in [1.54, 1.807) is 29.0 Å². The first-order valence-corrected chi connectivity index (χ1v) is 10.2. The van der Waals surface area contributed by atoms with Crippen molar-refractivity contribution >= 4 is 23.1 Å². The smallest absolute Gasteiger partial charge is 0.255 e. The maximum absolute atomic E-state index is 13.9. The second-order valence-corrected chi connectivity index (χ2v) is 7.80. The first kappa shape index (κ1) is 22.3. The van der Waals surface area contributed by atoms with E-state index in [-0.39, 0.29) is 18.0 Å². The Bertz CT molecular complexity index is 1230. The van der Waals surface area contributed by atoms with Crippen LogP contribution in [0.4, 0.5) is 26.0 Å². The summed E-state index contributed by atoms with van der Waals surface area (Å²) in [4.78, 5) is 18.8. The number of nitrogens with one attached hydrogen (secondary N) is 2. The molecule has 1 amide bonds. The number of pyridine rings is 1. The molecule has 0 spiro atoms. The van der Waals surface area contributed by atoms with E-state index >= 15 is 0 Å². The van der Waals surface area contributed by atoms with Crippen molar-refractivity contribution in [3.8, 4) is 0 Å². The number of hydrogen-bond acceptors (Lipinski definition) is 6. The summed E-state index contributed by atoms with van der Waals surface area (Å²) in [6.07, 6.45) is 3.41. The number of amides is 1. The second kappa shape index (κ2) is 8.89. The zero-order valence-corrected chi connectivity index (χ0v) is 18.5. The summed E-state index contributed by atoms with van der Waals surface area (Å²) < 4.78 is 34.0. The van der Waals surface area contributed by atoms with Gasteiger partial charge in [-0.2, -0.15) is 5.10 Å². The first-order chi connectivity index (χ1) is 15.8. The number of ether oxygens (including phenoxy) is 1. The lowest BCUT2D eigenvalue weighted by molar-refractivity contribution is -0.117. The van der Waals surface area contributed by atoms with Crippen LogP contribution in [0, 0.1) is 18.6 Å². The lowest BCUT2D eigenvalue weighted by Crippen LogP contribution is -2.47. The fraction of sp³-hybridized carbons (Fsp3) is 0.261. The van der Waals surface area contributed by atoms with Gasteiger partial charge < -0.3 is 20.3 Å². The van der Waals surface area contributed by atoms with Crippen molar-refractivity contribution < 1.29 is 18.3 Å². The lowest BCUT2D eigenvalue weighted by atomic mass is 10.1. The summed E-state index contributed by atoms with van der Waals surface area (Å²) in [6.45, 7) is 6.18. The van der Waals surface area contributed by atoms with Crippen molar-refractivity contribution in [3.05, 3.63) is 77.5 Å². The van der Waals surface area contributed by atoms with E-state index in [9.17, 15) is 13.6 Å². The molecule has 1 aliphatic heterocycles. The van der Waals surface area contributed by atoms with Gasteiger partial charge in [-0.3, -0.25) is 9.48 Å². The Hall–Kier alpha value is -3.95. The highest BCUT2D eigenvalue weighted by Crippen LogP contribution is 2.36. The molecule has 3 heterocycles. The van der Waals surface area contributed by atoms with Crippen LogP contribution in [0.25, 0.3) is 0 Å². The summed E-state index contributed by atoms with van der Waals surface area (Å²) in [6, 6.07) is 4.53. The molecule has 0 aliphatic carbocycles. The average molecular weight is 454 g/mol. The molecule has 3 aromatic rings. The number of fused-ring (bicyclic) bond motifs is 1. The van der Waals surface area contributed by atoms with Crippen molar-refractivity contribution in [1.29, 1.82) is 0 Å². The molecule has 1 atom stereocenters. The van der Waals surface area contributed by atoms with Gasteiger partial charge in [0.1, 0.15) is 23.2 Å². The van der Waals surface area contributed by atoms with E-state index in [0.29, 0.717) is 29.5 Å². The van der Waals surface area contributed by atoms with Gasteiger partial charge in [-0.25, -0.2) is 13.8 Å². The Balaban J connectivity index is 1.48. The minimum Gasteiger partial charge on any atom is -0.499 e. The van der Waals surface area contributed by atoms with Gasteiger partial charge in [-0.1, -0.05) is 6.58 Å². The number of benzene rings is 1. The highest BCUT2D eigenvalue weighted by molar-refractivity contribution is 6.05. The molecule has 0 fully saturated rings. The predicted molar refractivity (Wildman–Crippen MR) is 121 cm³/mol. The average Bonchev–Trinajstić information content (AvgIpc) is 3.23. The van der Waals surface area contributed by atoms with Gasteiger partial charge in [0.2, 0.25) is 0 Å². The molecule has 8 nitrogen and oxygen atoms in total. The van der Waals surface area contributed by atoms with Crippen LogP contribution in [-0.4, -0.2) is 40.9 Å². The number of methoxy groups -OCH3 is 1. The van der Waals surface area contributed by atoms with Gasteiger partial charge in [0, 0.05) is 37.0 Å². The Morgan fingerprint density at radius 1 is 1.33 bits per heavy atom. The second-order valence-electron chi connectivity index (χ2n) is 7.80. The Labute approximate surface area is 189 Å². The molecule has 0 saturated heterocycles. The highest BCUT2D eigenvalue weighted by atomic mass is 19.1. The largest absolute Gasteiger partial charge is 0.499 e. The summed E-state index contributed by atoms with van der Waals surface area (Å²) in [5.74, 6) is -0.255. The predicted octanol–water partition coefficient (Wildman–Crippen LogP) is 3.44. The Morgan fingerprint density at radius 2 is 2.12 bits per heavy atom. The third-order valence-corrected chi connectivity index (χ3v) is 5.51. The van der Waals surface area contributed by atoms with Crippen LogP contribution < -0.4 is 15.5 Å². The van der Waals surface area contributed by atoms with Gasteiger partial charge in [0.15, 0.2) is 6.04 Å². The fourth-order valence-corrected chi connectivity index (χ4v) is 3.78. The van der Waals surface area contributed by atoms with Gasteiger partial charge in [0.25, 0.3) is 5.91 Å².